The van der Waals surface area contributed by atoms with Crippen molar-refractivity contribution in [1.29, 1.82) is 0 Å². The van der Waals surface area contributed by atoms with Crippen molar-refractivity contribution in [1.82, 2.24) is 4.98 Å². The molecule has 0 saturated carbocycles. The van der Waals surface area contributed by atoms with Crippen LogP contribution in [0.25, 0.3) is 0 Å². The number of ether oxygens (including phenoxy) is 1. The fourth-order valence-electron chi connectivity index (χ4n) is 1.76. The van der Waals surface area contributed by atoms with Gasteiger partial charge in [0.25, 0.3) is 0 Å². The topological polar surface area (TPSA) is 34.1 Å². The number of nitrogens with zero attached hydrogens (tertiary/aromatic N) is 1. The quantitative estimate of drug-likeness (QED) is 0.853. The van der Waals surface area contributed by atoms with Gasteiger partial charge in [-0.1, -0.05) is 29.3 Å². The van der Waals surface area contributed by atoms with Crippen molar-refractivity contribution in [3.63, 3.8) is 0 Å². The Hall–Kier alpha value is -1.45. The number of aryl methyl sites for hydroxylation is 1. The van der Waals surface area contributed by atoms with Crippen LogP contribution in [0.3, 0.4) is 0 Å². The van der Waals surface area contributed by atoms with Crippen molar-refractivity contribution in [2.75, 3.05) is 12.4 Å². The summed E-state index contributed by atoms with van der Waals surface area (Å²) >= 11 is 12.2. The summed E-state index contributed by atoms with van der Waals surface area (Å²) < 4.78 is 5.30. The van der Waals surface area contributed by atoms with Crippen LogP contribution in [-0.4, -0.2) is 12.1 Å². The average Bonchev–Trinajstić information content (AvgIpc) is 2.40. The van der Waals surface area contributed by atoms with Gasteiger partial charge in [0.1, 0.15) is 5.75 Å². The molecule has 0 amide bonds. The van der Waals surface area contributed by atoms with E-state index in [2.05, 4.69) is 10.3 Å². The Morgan fingerprint density at radius 1 is 1.32 bits per heavy atom. The summed E-state index contributed by atoms with van der Waals surface area (Å²) in [6, 6.07) is 7.50. The van der Waals surface area contributed by atoms with Crippen molar-refractivity contribution in [2.24, 2.45) is 0 Å². The number of anilines is 1. The maximum Gasteiger partial charge on any atom is 0.152 e. The molecule has 0 radical (unpaired) electrons. The van der Waals surface area contributed by atoms with Gasteiger partial charge in [-0.05, 0) is 30.7 Å². The van der Waals surface area contributed by atoms with Crippen LogP contribution in [0.1, 0.15) is 11.1 Å². The Kier molecular flexibility index (Phi) is 4.51. The van der Waals surface area contributed by atoms with E-state index in [0.29, 0.717) is 16.7 Å². The largest absolute Gasteiger partial charge is 0.496 e. The Morgan fingerprint density at radius 3 is 2.84 bits per heavy atom. The van der Waals surface area contributed by atoms with E-state index in [-0.39, 0.29) is 0 Å². The van der Waals surface area contributed by atoms with Crippen molar-refractivity contribution < 1.29 is 4.74 Å². The van der Waals surface area contributed by atoms with Crippen LogP contribution in [0.15, 0.2) is 30.5 Å². The summed E-state index contributed by atoms with van der Waals surface area (Å²) in [4.78, 5) is 4.09. The molecule has 1 N–H and O–H groups in total. The lowest BCUT2D eigenvalue weighted by molar-refractivity contribution is 0.410. The van der Waals surface area contributed by atoms with Gasteiger partial charge < -0.3 is 10.1 Å². The minimum atomic E-state index is 0.441. The molecule has 1 heterocycles. The Balaban J connectivity index is 2.21. The SMILES string of the molecule is COc1cccc(Cl)c1CNc1cc(C)cnc1Cl. The van der Waals surface area contributed by atoms with Gasteiger partial charge in [0, 0.05) is 23.3 Å². The van der Waals surface area contributed by atoms with Gasteiger partial charge in [0.2, 0.25) is 0 Å². The fraction of sp³-hybridized carbons (Fsp3) is 0.214. The molecular weight excluding hydrogens is 283 g/mol. The highest BCUT2D eigenvalue weighted by molar-refractivity contribution is 6.32. The summed E-state index contributed by atoms with van der Waals surface area (Å²) in [6.07, 6.45) is 1.73. The highest BCUT2D eigenvalue weighted by Crippen LogP contribution is 2.28. The van der Waals surface area contributed by atoms with Crippen molar-refractivity contribution >= 4 is 28.9 Å². The van der Waals surface area contributed by atoms with E-state index in [1.54, 1.807) is 13.3 Å². The molecule has 0 aliphatic rings. The molecular formula is C14H14Cl2N2O. The first-order valence-corrected chi connectivity index (χ1v) is 6.55. The minimum Gasteiger partial charge on any atom is -0.496 e. The second-order valence-corrected chi connectivity index (χ2v) is 4.89. The number of pyridine rings is 1. The van der Waals surface area contributed by atoms with Crippen LogP contribution in [-0.2, 0) is 6.54 Å². The summed E-state index contributed by atoms with van der Waals surface area (Å²) in [6.45, 7) is 2.48. The second kappa shape index (κ2) is 6.13. The number of aromatic nitrogens is 1. The van der Waals surface area contributed by atoms with Gasteiger partial charge in [-0.2, -0.15) is 0 Å². The molecule has 2 aromatic rings. The van der Waals surface area contributed by atoms with Crippen molar-refractivity contribution in [3.8, 4) is 5.75 Å². The molecule has 19 heavy (non-hydrogen) atoms. The number of rotatable bonds is 4. The van der Waals surface area contributed by atoms with Gasteiger partial charge in [0.05, 0.1) is 12.8 Å². The molecule has 3 nitrogen and oxygen atoms in total. The van der Waals surface area contributed by atoms with E-state index in [9.17, 15) is 0 Å². The van der Waals surface area contributed by atoms with E-state index in [4.69, 9.17) is 27.9 Å². The first kappa shape index (κ1) is 14.0. The molecule has 0 atom stereocenters. The molecule has 100 valence electrons. The smallest absolute Gasteiger partial charge is 0.152 e. The van der Waals surface area contributed by atoms with Gasteiger partial charge in [0.15, 0.2) is 5.15 Å². The Bertz CT molecular complexity index is 588. The predicted octanol–water partition coefficient (Wildman–Crippen LogP) is 4.32. The summed E-state index contributed by atoms with van der Waals surface area (Å²) in [5.41, 5.74) is 2.71. The third kappa shape index (κ3) is 3.31. The zero-order valence-electron chi connectivity index (χ0n) is 10.7. The standard InChI is InChI=1S/C14H14Cl2N2O/c1-9-6-12(14(16)18-7-9)17-8-10-11(15)4-3-5-13(10)19-2/h3-7,17H,8H2,1-2H3. The van der Waals surface area contributed by atoms with E-state index in [1.807, 2.05) is 31.2 Å². The van der Waals surface area contributed by atoms with Crippen LogP contribution >= 0.6 is 23.2 Å². The van der Waals surface area contributed by atoms with Crippen LogP contribution in [0.2, 0.25) is 10.2 Å². The second-order valence-electron chi connectivity index (χ2n) is 4.13. The lowest BCUT2D eigenvalue weighted by Gasteiger charge is -2.13. The Labute approximate surface area is 122 Å². The number of hydrogen-bond acceptors (Lipinski definition) is 3. The lowest BCUT2D eigenvalue weighted by atomic mass is 10.2. The maximum absolute atomic E-state index is 6.18. The van der Waals surface area contributed by atoms with E-state index in [0.717, 1.165) is 22.6 Å². The number of halogens is 2. The molecule has 0 aliphatic heterocycles. The highest BCUT2D eigenvalue weighted by atomic mass is 35.5. The molecule has 1 aromatic carbocycles. The van der Waals surface area contributed by atoms with Crippen molar-refractivity contribution in [2.45, 2.75) is 13.5 Å². The number of hydrogen-bond donors (Lipinski definition) is 1. The zero-order valence-corrected chi connectivity index (χ0v) is 12.2. The highest BCUT2D eigenvalue weighted by Gasteiger charge is 2.08. The maximum atomic E-state index is 6.18. The summed E-state index contributed by atoms with van der Waals surface area (Å²) in [7, 11) is 1.62. The third-order valence-electron chi connectivity index (χ3n) is 2.73. The fourth-order valence-corrected chi connectivity index (χ4v) is 2.16. The average molecular weight is 297 g/mol. The minimum absolute atomic E-state index is 0.441. The number of nitrogens with one attached hydrogen (secondary N) is 1. The zero-order chi connectivity index (χ0) is 13.8. The van der Waals surface area contributed by atoms with E-state index >= 15 is 0 Å². The van der Waals surface area contributed by atoms with Gasteiger partial charge >= 0.3 is 0 Å². The molecule has 0 bridgehead atoms. The first-order valence-electron chi connectivity index (χ1n) is 5.79. The molecule has 0 unspecified atom stereocenters. The van der Waals surface area contributed by atoms with Gasteiger partial charge in [-0.3, -0.25) is 0 Å². The van der Waals surface area contributed by atoms with Crippen molar-refractivity contribution in [3.05, 3.63) is 51.8 Å². The van der Waals surface area contributed by atoms with Crippen LogP contribution in [0, 0.1) is 6.92 Å². The van der Waals surface area contributed by atoms with E-state index in [1.165, 1.54) is 0 Å². The lowest BCUT2D eigenvalue weighted by Crippen LogP contribution is -2.03. The van der Waals surface area contributed by atoms with Crippen LogP contribution in [0.5, 0.6) is 5.75 Å². The molecule has 2 rings (SSSR count). The normalized spacial score (nSPS) is 10.3. The molecule has 1 aromatic heterocycles. The molecule has 0 spiro atoms. The first-order chi connectivity index (χ1) is 9.11. The van der Waals surface area contributed by atoms with Gasteiger partial charge in [-0.15, -0.1) is 0 Å². The molecule has 5 heteroatoms. The Morgan fingerprint density at radius 2 is 2.11 bits per heavy atom. The van der Waals surface area contributed by atoms with E-state index < -0.39 is 0 Å². The molecule has 0 fully saturated rings. The van der Waals surface area contributed by atoms with Crippen LogP contribution < -0.4 is 10.1 Å². The van der Waals surface area contributed by atoms with Gasteiger partial charge in [-0.25, -0.2) is 4.98 Å². The summed E-state index contributed by atoms with van der Waals surface area (Å²) in [5.74, 6) is 0.747. The molecule has 0 saturated heterocycles. The number of benzene rings is 1. The van der Waals surface area contributed by atoms with Crippen LogP contribution in [0.4, 0.5) is 5.69 Å². The number of methoxy groups -OCH3 is 1. The molecule has 0 aliphatic carbocycles. The third-order valence-corrected chi connectivity index (χ3v) is 3.38. The monoisotopic (exact) mass is 296 g/mol. The summed E-state index contributed by atoms with van der Waals surface area (Å²) in [5, 5.41) is 4.32. The predicted molar refractivity (Wildman–Crippen MR) is 79.3 cm³/mol.